The molecule has 4 nitrogen and oxygen atoms in total. The van der Waals surface area contributed by atoms with E-state index < -0.39 is 12.0 Å². The van der Waals surface area contributed by atoms with Gasteiger partial charge in [0, 0.05) is 4.90 Å². The molecule has 1 rings (SSSR count). The number of nitrogens with one attached hydrogen (secondary N) is 1. The van der Waals surface area contributed by atoms with Crippen molar-refractivity contribution in [3.8, 4) is 0 Å². The number of esters is 1. The second kappa shape index (κ2) is 7.33. The Kier molecular flexibility index (Phi) is 6.07. The van der Waals surface area contributed by atoms with Crippen LogP contribution in [0, 0.1) is 5.41 Å². The summed E-state index contributed by atoms with van der Waals surface area (Å²) in [4.78, 5) is 24.7. The molecule has 0 spiro atoms. The van der Waals surface area contributed by atoms with E-state index in [1.807, 2.05) is 51.1 Å². The third kappa shape index (κ3) is 5.25. The van der Waals surface area contributed by atoms with E-state index in [1.165, 1.54) is 18.9 Å². The summed E-state index contributed by atoms with van der Waals surface area (Å²) in [6.07, 6.45) is 0. The van der Waals surface area contributed by atoms with Crippen LogP contribution in [0.2, 0.25) is 0 Å². The zero-order valence-electron chi connectivity index (χ0n) is 12.3. The van der Waals surface area contributed by atoms with Gasteiger partial charge in [-0.2, -0.15) is 0 Å². The molecule has 0 aromatic heterocycles. The minimum atomic E-state index is -0.642. The smallest absolute Gasteiger partial charge is 0.328 e. The molecule has 110 valence electrons. The molecule has 1 amide bonds. The molecule has 1 aromatic rings. The molecular weight excluding hydrogens is 274 g/mol. The Hall–Kier alpha value is -1.49. The molecule has 20 heavy (non-hydrogen) atoms. The largest absolute Gasteiger partial charge is 0.467 e. The fraction of sp³-hybridized carbons (Fsp3) is 0.467. The van der Waals surface area contributed by atoms with E-state index in [-0.39, 0.29) is 17.1 Å². The number of carbonyl (C=O) groups is 2. The molecule has 0 radical (unpaired) electrons. The number of methoxy groups -OCH3 is 1. The molecule has 1 N–H and O–H groups in total. The predicted octanol–water partition coefficient (Wildman–Crippen LogP) is 2.48. The van der Waals surface area contributed by atoms with Gasteiger partial charge in [0.15, 0.2) is 0 Å². The van der Waals surface area contributed by atoms with Crippen LogP contribution in [0.4, 0.5) is 0 Å². The van der Waals surface area contributed by atoms with Crippen molar-refractivity contribution in [2.45, 2.75) is 31.7 Å². The van der Waals surface area contributed by atoms with Gasteiger partial charge in [0.2, 0.25) is 5.91 Å². The third-order valence-corrected chi connectivity index (χ3v) is 3.73. The van der Waals surface area contributed by atoms with Crippen molar-refractivity contribution in [1.82, 2.24) is 5.32 Å². The van der Waals surface area contributed by atoms with Gasteiger partial charge in [-0.05, 0) is 17.5 Å². The van der Waals surface area contributed by atoms with Gasteiger partial charge in [-0.3, -0.25) is 4.79 Å². The molecule has 0 saturated carbocycles. The summed E-state index contributed by atoms with van der Waals surface area (Å²) in [6, 6.07) is 9.02. The lowest BCUT2D eigenvalue weighted by Gasteiger charge is -2.28. The predicted molar refractivity (Wildman–Crippen MR) is 80.6 cm³/mol. The average Bonchev–Trinajstić information content (AvgIpc) is 2.41. The van der Waals surface area contributed by atoms with Crippen molar-refractivity contribution in [3.63, 3.8) is 0 Å². The van der Waals surface area contributed by atoms with Crippen LogP contribution in [-0.2, 0) is 14.3 Å². The standard InChI is InChI=1S/C15H21NO3S/c1-15(2,3)13(14(18)19-4)16-12(17)10-20-11-8-6-5-7-9-11/h5-9,13H,10H2,1-4H3,(H,16,17)/t13-/m1/s1. The lowest BCUT2D eigenvalue weighted by molar-refractivity contribution is -0.147. The second-order valence-corrected chi connectivity index (χ2v) is 6.54. The van der Waals surface area contributed by atoms with Gasteiger partial charge in [0.05, 0.1) is 12.9 Å². The highest BCUT2D eigenvalue weighted by Gasteiger charge is 2.33. The summed E-state index contributed by atoms with van der Waals surface area (Å²) in [6.45, 7) is 5.66. The third-order valence-electron chi connectivity index (χ3n) is 2.72. The quantitative estimate of drug-likeness (QED) is 0.670. The Morgan fingerprint density at radius 1 is 1.25 bits per heavy atom. The number of hydrogen-bond acceptors (Lipinski definition) is 4. The Labute approximate surface area is 124 Å². The molecule has 0 bridgehead atoms. The lowest BCUT2D eigenvalue weighted by Crippen LogP contribution is -2.50. The fourth-order valence-electron chi connectivity index (χ4n) is 1.62. The van der Waals surface area contributed by atoms with E-state index in [0.29, 0.717) is 0 Å². The molecule has 0 aliphatic heterocycles. The Balaban J connectivity index is 2.57. The van der Waals surface area contributed by atoms with E-state index >= 15 is 0 Å². The molecule has 0 aliphatic carbocycles. The van der Waals surface area contributed by atoms with E-state index in [2.05, 4.69) is 5.32 Å². The van der Waals surface area contributed by atoms with Crippen molar-refractivity contribution < 1.29 is 14.3 Å². The SMILES string of the molecule is COC(=O)[C@@H](NC(=O)CSc1ccccc1)C(C)(C)C. The minimum Gasteiger partial charge on any atom is -0.467 e. The average molecular weight is 295 g/mol. The van der Waals surface area contributed by atoms with Gasteiger partial charge in [0.1, 0.15) is 6.04 Å². The number of hydrogen-bond donors (Lipinski definition) is 1. The van der Waals surface area contributed by atoms with Gasteiger partial charge in [0.25, 0.3) is 0 Å². The highest BCUT2D eigenvalue weighted by atomic mass is 32.2. The topological polar surface area (TPSA) is 55.4 Å². The zero-order chi connectivity index (χ0) is 15.2. The van der Waals surface area contributed by atoms with Crippen molar-refractivity contribution in [1.29, 1.82) is 0 Å². The van der Waals surface area contributed by atoms with Crippen molar-refractivity contribution in [2.24, 2.45) is 5.41 Å². The molecule has 0 aliphatic rings. The highest BCUT2D eigenvalue weighted by molar-refractivity contribution is 8.00. The Morgan fingerprint density at radius 2 is 1.85 bits per heavy atom. The number of ether oxygens (including phenoxy) is 1. The highest BCUT2D eigenvalue weighted by Crippen LogP contribution is 2.21. The fourth-order valence-corrected chi connectivity index (χ4v) is 2.35. The zero-order valence-corrected chi connectivity index (χ0v) is 13.1. The molecular formula is C15H21NO3S. The van der Waals surface area contributed by atoms with Crippen LogP contribution in [0.3, 0.4) is 0 Å². The van der Waals surface area contributed by atoms with Gasteiger partial charge in [-0.25, -0.2) is 4.79 Å². The van der Waals surface area contributed by atoms with Crippen molar-refractivity contribution >= 4 is 23.6 Å². The molecule has 1 atom stereocenters. The normalized spacial score (nSPS) is 12.6. The van der Waals surface area contributed by atoms with Crippen molar-refractivity contribution in [3.05, 3.63) is 30.3 Å². The van der Waals surface area contributed by atoms with Crippen LogP contribution < -0.4 is 5.32 Å². The van der Waals surface area contributed by atoms with Gasteiger partial charge < -0.3 is 10.1 Å². The first kappa shape index (κ1) is 16.6. The van der Waals surface area contributed by atoms with E-state index in [9.17, 15) is 9.59 Å². The maximum Gasteiger partial charge on any atom is 0.328 e. The first-order chi connectivity index (χ1) is 9.34. The van der Waals surface area contributed by atoms with Crippen molar-refractivity contribution in [2.75, 3.05) is 12.9 Å². The molecule has 0 fully saturated rings. The van der Waals surface area contributed by atoms with Crippen LogP contribution >= 0.6 is 11.8 Å². The molecule has 1 aromatic carbocycles. The minimum absolute atomic E-state index is 0.177. The number of thioether (sulfide) groups is 1. The summed E-state index contributed by atoms with van der Waals surface area (Å²) in [5, 5.41) is 2.74. The van der Waals surface area contributed by atoms with Crippen LogP contribution in [0.15, 0.2) is 35.2 Å². The van der Waals surface area contributed by atoms with E-state index in [4.69, 9.17) is 4.74 Å². The first-order valence-electron chi connectivity index (χ1n) is 6.39. The summed E-state index contributed by atoms with van der Waals surface area (Å²) in [5.41, 5.74) is -0.389. The number of rotatable bonds is 5. The Morgan fingerprint density at radius 3 is 2.35 bits per heavy atom. The van der Waals surface area contributed by atoms with E-state index in [0.717, 1.165) is 4.90 Å². The molecule has 0 unspecified atom stereocenters. The molecule has 0 saturated heterocycles. The number of benzene rings is 1. The Bertz CT molecular complexity index is 454. The summed E-state index contributed by atoms with van der Waals surface area (Å²) in [7, 11) is 1.33. The maximum atomic E-state index is 12.0. The summed E-state index contributed by atoms with van der Waals surface area (Å²) >= 11 is 1.44. The number of amides is 1. The first-order valence-corrected chi connectivity index (χ1v) is 7.38. The van der Waals surface area contributed by atoms with Crippen LogP contribution in [0.25, 0.3) is 0 Å². The monoisotopic (exact) mass is 295 g/mol. The molecule has 0 heterocycles. The maximum absolute atomic E-state index is 12.0. The summed E-state index contributed by atoms with van der Waals surface area (Å²) in [5.74, 6) is -0.326. The van der Waals surface area contributed by atoms with Crippen LogP contribution in [0.5, 0.6) is 0 Å². The van der Waals surface area contributed by atoms with Crippen LogP contribution in [0.1, 0.15) is 20.8 Å². The number of carbonyl (C=O) groups excluding carboxylic acids is 2. The van der Waals surface area contributed by atoms with Gasteiger partial charge in [-0.15, -0.1) is 11.8 Å². The van der Waals surface area contributed by atoms with Crippen LogP contribution in [-0.4, -0.2) is 30.8 Å². The second-order valence-electron chi connectivity index (χ2n) is 5.49. The lowest BCUT2D eigenvalue weighted by atomic mass is 9.87. The van der Waals surface area contributed by atoms with E-state index in [1.54, 1.807) is 0 Å². The van der Waals surface area contributed by atoms with Gasteiger partial charge >= 0.3 is 5.97 Å². The molecule has 5 heteroatoms. The van der Waals surface area contributed by atoms with Gasteiger partial charge in [-0.1, -0.05) is 39.0 Å². The summed E-state index contributed by atoms with van der Waals surface area (Å²) < 4.78 is 4.74.